The third-order valence-corrected chi connectivity index (χ3v) is 5.72. The predicted molar refractivity (Wildman–Crippen MR) is 122 cm³/mol. The van der Waals surface area contributed by atoms with E-state index in [0.717, 1.165) is 29.6 Å². The van der Waals surface area contributed by atoms with Crippen LogP contribution in [0.15, 0.2) is 54.7 Å². The number of fused-ring (bicyclic) bond motifs is 1. The van der Waals surface area contributed by atoms with Crippen LogP contribution in [-0.4, -0.2) is 43.5 Å². The van der Waals surface area contributed by atoms with Crippen LogP contribution in [0.3, 0.4) is 0 Å². The molecular formula is C22H22N6O3S. The number of hydrogen-bond acceptors (Lipinski definition) is 6. The van der Waals surface area contributed by atoms with E-state index in [1.54, 1.807) is 12.1 Å². The molecule has 0 unspecified atom stereocenters. The normalized spacial score (nSPS) is 13.2. The lowest BCUT2D eigenvalue weighted by Gasteiger charge is -2.32. The minimum Gasteiger partial charge on any atom is -0.362 e. The molecule has 32 heavy (non-hydrogen) atoms. The number of para-hydroxylation sites is 1. The van der Waals surface area contributed by atoms with Crippen LogP contribution >= 0.6 is 0 Å². The van der Waals surface area contributed by atoms with Gasteiger partial charge in [-0.3, -0.25) is 9.52 Å². The number of benzene rings is 2. The molecule has 1 amide bonds. The van der Waals surface area contributed by atoms with E-state index >= 15 is 0 Å². The average molecular weight is 451 g/mol. The van der Waals surface area contributed by atoms with Gasteiger partial charge in [0.25, 0.3) is 0 Å². The quantitative estimate of drug-likeness (QED) is 0.595. The zero-order chi connectivity index (χ0) is 22.7. The Morgan fingerprint density at radius 2 is 1.97 bits per heavy atom. The summed E-state index contributed by atoms with van der Waals surface area (Å²) in [5.74, 6) is 0.0157. The van der Waals surface area contributed by atoms with Crippen LogP contribution in [0.5, 0.6) is 0 Å². The maximum atomic E-state index is 12.9. The first kappa shape index (κ1) is 21.4. The number of carbonyl (C=O) groups excluding carboxylic acids is 1. The van der Waals surface area contributed by atoms with Crippen LogP contribution in [0.1, 0.15) is 17.5 Å². The Morgan fingerprint density at radius 1 is 1.19 bits per heavy atom. The summed E-state index contributed by atoms with van der Waals surface area (Å²) in [7, 11) is -3.41. The predicted octanol–water partition coefficient (Wildman–Crippen LogP) is 2.51. The van der Waals surface area contributed by atoms with E-state index in [1.165, 1.54) is 10.9 Å². The number of amides is 1. The van der Waals surface area contributed by atoms with Crippen LogP contribution in [0.2, 0.25) is 0 Å². The largest absolute Gasteiger partial charge is 0.362 e. The highest BCUT2D eigenvalue weighted by molar-refractivity contribution is 7.92. The maximum Gasteiger partial charge on any atom is 0.245 e. The van der Waals surface area contributed by atoms with Crippen molar-refractivity contribution >= 4 is 33.1 Å². The molecule has 2 aromatic carbocycles. The molecule has 9 nitrogen and oxygen atoms in total. The topological polar surface area (TPSA) is 120 Å². The SMILES string of the molecule is CS(=O)(=O)Nc1cccc2c1CCCN2CC(=O)Nc1c(C#N)cnn1-c1ccccc1. The Labute approximate surface area is 186 Å². The molecule has 10 heteroatoms. The monoisotopic (exact) mass is 450 g/mol. The molecule has 0 radical (unpaired) electrons. The van der Waals surface area contributed by atoms with Crippen LogP contribution in [0.4, 0.5) is 17.2 Å². The van der Waals surface area contributed by atoms with Gasteiger partial charge in [-0.2, -0.15) is 10.4 Å². The van der Waals surface area contributed by atoms with Crippen molar-refractivity contribution in [3.05, 3.63) is 65.9 Å². The van der Waals surface area contributed by atoms with Crippen molar-refractivity contribution in [3.8, 4) is 11.8 Å². The Balaban J connectivity index is 1.57. The van der Waals surface area contributed by atoms with Gasteiger partial charge in [-0.15, -0.1) is 0 Å². The second-order valence-electron chi connectivity index (χ2n) is 7.52. The molecule has 1 aliphatic rings. The van der Waals surface area contributed by atoms with Gasteiger partial charge in [-0.1, -0.05) is 24.3 Å². The lowest BCUT2D eigenvalue weighted by Crippen LogP contribution is -2.37. The van der Waals surface area contributed by atoms with Gasteiger partial charge in [0, 0.05) is 12.2 Å². The van der Waals surface area contributed by atoms with Crippen molar-refractivity contribution < 1.29 is 13.2 Å². The Bertz CT molecular complexity index is 1290. The minimum atomic E-state index is -3.41. The van der Waals surface area contributed by atoms with Crippen molar-refractivity contribution in [2.24, 2.45) is 0 Å². The van der Waals surface area contributed by atoms with Gasteiger partial charge in [0.1, 0.15) is 11.6 Å². The van der Waals surface area contributed by atoms with E-state index in [9.17, 15) is 18.5 Å². The molecule has 0 fully saturated rings. The van der Waals surface area contributed by atoms with E-state index in [0.29, 0.717) is 24.5 Å². The summed E-state index contributed by atoms with van der Waals surface area (Å²) in [5, 5.41) is 16.5. The molecule has 1 aromatic heterocycles. The summed E-state index contributed by atoms with van der Waals surface area (Å²) in [4.78, 5) is 14.9. The Hall–Kier alpha value is -3.84. The molecule has 0 saturated carbocycles. The van der Waals surface area contributed by atoms with E-state index in [2.05, 4.69) is 21.2 Å². The number of hydrogen-bond donors (Lipinski definition) is 2. The molecule has 2 heterocycles. The van der Waals surface area contributed by atoms with Crippen LogP contribution in [0, 0.1) is 11.3 Å². The molecule has 3 aromatic rings. The number of aromatic nitrogens is 2. The Kier molecular flexibility index (Phi) is 5.83. The number of nitrogens with one attached hydrogen (secondary N) is 2. The number of nitrogens with zero attached hydrogens (tertiary/aromatic N) is 4. The molecule has 0 atom stereocenters. The number of sulfonamides is 1. The third-order valence-electron chi connectivity index (χ3n) is 5.12. The molecule has 2 N–H and O–H groups in total. The minimum absolute atomic E-state index is 0.0557. The number of rotatable bonds is 6. The summed E-state index contributed by atoms with van der Waals surface area (Å²) in [5.41, 5.74) is 3.20. The fourth-order valence-corrected chi connectivity index (χ4v) is 4.41. The van der Waals surface area contributed by atoms with Crippen LogP contribution in [0.25, 0.3) is 5.69 Å². The second-order valence-corrected chi connectivity index (χ2v) is 9.27. The van der Waals surface area contributed by atoms with Crippen molar-refractivity contribution in [1.29, 1.82) is 5.26 Å². The first-order valence-corrected chi connectivity index (χ1v) is 11.9. The zero-order valence-corrected chi connectivity index (χ0v) is 18.3. The standard InChI is InChI=1S/C22H22N6O3S/c1-32(30,31)26-19-10-5-11-20-18(19)9-6-12-27(20)15-21(29)25-22-16(13-23)14-24-28(22)17-7-3-2-4-8-17/h2-5,7-8,10-11,14,26H,6,9,12,15H2,1H3,(H,25,29). The summed E-state index contributed by atoms with van der Waals surface area (Å²) in [6, 6.07) is 16.7. The zero-order valence-electron chi connectivity index (χ0n) is 17.4. The first-order chi connectivity index (χ1) is 15.4. The molecule has 0 saturated heterocycles. The molecular weight excluding hydrogens is 428 g/mol. The maximum absolute atomic E-state index is 12.9. The van der Waals surface area contributed by atoms with Gasteiger partial charge in [-0.25, -0.2) is 13.1 Å². The van der Waals surface area contributed by atoms with E-state index in [1.807, 2.05) is 41.3 Å². The summed E-state index contributed by atoms with van der Waals surface area (Å²) in [6.07, 6.45) is 4.03. The smallest absolute Gasteiger partial charge is 0.245 e. The highest BCUT2D eigenvalue weighted by Gasteiger charge is 2.23. The number of nitriles is 1. The molecule has 0 aliphatic carbocycles. The summed E-state index contributed by atoms with van der Waals surface area (Å²) in [6.45, 7) is 0.714. The van der Waals surface area contributed by atoms with Gasteiger partial charge in [0.05, 0.1) is 30.4 Å². The highest BCUT2D eigenvalue weighted by atomic mass is 32.2. The lowest BCUT2D eigenvalue weighted by molar-refractivity contribution is -0.115. The van der Waals surface area contributed by atoms with Crippen molar-refractivity contribution in [1.82, 2.24) is 9.78 Å². The van der Waals surface area contributed by atoms with Gasteiger partial charge in [0.2, 0.25) is 15.9 Å². The average Bonchev–Trinajstić information content (AvgIpc) is 3.16. The molecule has 164 valence electrons. The van der Waals surface area contributed by atoms with Crippen molar-refractivity contribution in [2.45, 2.75) is 12.8 Å². The van der Waals surface area contributed by atoms with Gasteiger partial charge < -0.3 is 10.2 Å². The fraction of sp³-hybridized carbons (Fsp3) is 0.227. The van der Waals surface area contributed by atoms with Gasteiger partial charge in [0.15, 0.2) is 5.82 Å². The first-order valence-electron chi connectivity index (χ1n) is 10.0. The van der Waals surface area contributed by atoms with Gasteiger partial charge in [-0.05, 0) is 42.7 Å². The Morgan fingerprint density at radius 3 is 2.69 bits per heavy atom. The molecule has 0 spiro atoms. The van der Waals surface area contributed by atoms with Crippen LogP contribution in [-0.2, 0) is 21.2 Å². The summed E-state index contributed by atoms with van der Waals surface area (Å²) < 4.78 is 27.5. The molecule has 0 bridgehead atoms. The number of carbonyl (C=O) groups is 1. The molecule has 1 aliphatic heterocycles. The van der Waals surface area contributed by atoms with Gasteiger partial charge >= 0.3 is 0 Å². The fourth-order valence-electron chi connectivity index (χ4n) is 3.82. The third kappa shape index (κ3) is 4.58. The van der Waals surface area contributed by atoms with Crippen molar-refractivity contribution in [3.63, 3.8) is 0 Å². The summed E-state index contributed by atoms with van der Waals surface area (Å²) >= 11 is 0. The van der Waals surface area contributed by atoms with Crippen LogP contribution < -0.4 is 14.9 Å². The van der Waals surface area contributed by atoms with E-state index in [4.69, 9.17) is 0 Å². The highest BCUT2D eigenvalue weighted by Crippen LogP contribution is 2.33. The van der Waals surface area contributed by atoms with Crippen molar-refractivity contribution in [2.75, 3.05) is 34.3 Å². The van der Waals surface area contributed by atoms with E-state index < -0.39 is 10.0 Å². The number of anilines is 3. The second kappa shape index (κ2) is 8.72. The molecule has 4 rings (SSSR count). The van der Waals surface area contributed by atoms with E-state index in [-0.39, 0.29) is 18.0 Å². The lowest BCUT2D eigenvalue weighted by atomic mass is 10.00.